The standard InChI is InChI=1S/C29H58O5Si2/c1-28(2,3)35(8,9)33-25-22-26(34-36(10,11)29(4,5)6)24(19-16-17-21-30)23(25)18-14-12-13-15-20-27(31)32-7/h21,23-26H,12-20,22H2,1-11H3/t23-,24-,25?,26?/m1/s1. The van der Waals surface area contributed by atoms with E-state index in [1.807, 2.05) is 0 Å². The molecule has 0 heterocycles. The Hall–Kier alpha value is -0.506. The lowest BCUT2D eigenvalue weighted by Gasteiger charge is -2.40. The van der Waals surface area contributed by atoms with E-state index in [4.69, 9.17) is 13.6 Å². The smallest absolute Gasteiger partial charge is 0.305 e. The molecule has 0 spiro atoms. The minimum atomic E-state index is -1.93. The zero-order valence-electron chi connectivity index (χ0n) is 25.5. The van der Waals surface area contributed by atoms with E-state index in [9.17, 15) is 9.59 Å². The summed E-state index contributed by atoms with van der Waals surface area (Å²) < 4.78 is 19.0. The summed E-state index contributed by atoms with van der Waals surface area (Å²) in [5.74, 6) is 0.777. The number of unbranched alkanes of at least 4 members (excludes halogenated alkanes) is 4. The second-order valence-corrected chi connectivity index (χ2v) is 23.5. The van der Waals surface area contributed by atoms with Crippen LogP contribution in [0.5, 0.6) is 0 Å². The van der Waals surface area contributed by atoms with E-state index in [1.165, 1.54) is 7.11 Å². The van der Waals surface area contributed by atoms with Gasteiger partial charge in [-0.15, -0.1) is 0 Å². The summed E-state index contributed by atoms with van der Waals surface area (Å²) in [5, 5.41) is 0.324. The highest BCUT2D eigenvalue weighted by Crippen LogP contribution is 2.49. The minimum absolute atomic E-state index is 0.116. The lowest BCUT2D eigenvalue weighted by Crippen LogP contribution is -2.45. The summed E-state index contributed by atoms with van der Waals surface area (Å²) in [7, 11) is -2.41. The van der Waals surface area contributed by atoms with Crippen LogP contribution in [0.1, 0.15) is 106 Å². The average molecular weight is 543 g/mol. The van der Waals surface area contributed by atoms with Crippen molar-refractivity contribution in [1.29, 1.82) is 0 Å². The van der Waals surface area contributed by atoms with Crippen LogP contribution in [0.2, 0.25) is 36.3 Å². The van der Waals surface area contributed by atoms with Crippen molar-refractivity contribution in [2.24, 2.45) is 11.8 Å². The Bertz CT molecular complexity index is 678. The Morgan fingerprint density at radius 3 is 1.64 bits per heavy atom. The molecule has 0 aromatic carbocycles. The molecule has 4 atom stereocenters. The Morgan fingerprint density at radius 1 is 0.778 bits per heavy atom. The highest BCUT2D eigenvalue weighted by Gasteiger charge is 2.50. The van der Waals surface area contributed by atoms with E-state index in [2.05, 4.69) is 67.7 Å². The first-order chi connectivity index (χ1) is 16.5. The fourth-order valence-corrected chi connectivity index (χ4v) is 7.62. The molecule has 2 unspecified atom stereocenters. The molecular formula is C29H58O5Si2. The zero-order valence-corrected chi connectivity index (χ0v) is 27.5. The lowest BCUT2D eigenvalue weighted by atomic mass is 9.85. The van der Waals surface area contributed by atoms with Gasteiger partial charge in [0.1, 0.15) is 6.29 Å². The van der Waals surface area contributed by atoms with Crippen LogP contribution in [0.15, 0.2) is 0 Å². The van der Waals surface area contributed by atoms with Crippen LogP contribution in [0.3, 0.4) is 0 Å². The number of ether oxygens (including phenoxy) is 1. The van der Waals surface area contributed by atoms with Gasteiger partial charge in [-0.1, -0.05) is 60.8 Å². The molecule has 0 bridgehead atoms. The summed E-state index contributed by atoms with van der Waals surface area (Å²) in [4.78, 5) is 22.6. The van der Waals surface area contributed by atoms with Crippen LogP contribution in [-0.4, -0.2) is 48.2 Å². The first-order valence-electron chi connectivity index (χ1n) is 14.3. The number of aldehydes is 1. The van der Waals surface area contributed by atoms with Crippen LogP contribution in [0.4, 0.5) is 0 Å². The zero-order chi connectivity index (χ0) is 27.8. The summed E-state index contributed by atoms with van der Waals surface area (Å²) in [6, 6.07) is 0. The predicted octanol–water partition coefficient (Wildman–Crippen LogP) is 8.29. The summed E-state index contributed by atoms with van der Waals surface area (Å²) >= 11 is 0. The number of carbonyl (C=O) groups is 2. The number of hydrogen-bond donors (Lipinski definition) is 0. The second-order valence-electron chi connectivity index (χ2n) is 14.0. The predicted molar refractivity (Wildman–Crippen MR) is 155 cm³/mol. The maximum absolute atomic E-state index is 11.4. The topological polar surface area (TPSA) is 61.8 Å². The molecule has 0 amide bonds. The molecule has 0 N–H and O–H groups in total. The van der Waals surface area contributed by atoms with Gasteiger partial charge in [-0.25, -0.2) is 0 Å². The molecule has 0 aromatic rings. The maximum atomic E-state index is 11.4. The Kier molecular flexibility index (Phi) is 13.1. The van der Waals surface area contributed by atoms with Crippen molar-refractivity contribution < 1.29 is 23.2 Å². The van der Waals surface area contributed by atoms with Crippen molar-refractivity contribution in [3.8, 4) is 0 Å². The molecular weight excluding hydrogens is 484 g/mol. The molecule has 1 aliphatic carbocycles. The van der Waals surface area contributed by atoms with Gasteiger partial charge in [0.05, 0.1) is 19.3 Å². The highest BCUT2D eigenvalue weighted by atomic mass is 28.4. The summed E-state index contributed by atoms with van der Waals surface area (Å²) in [5.41, 5.74) is 0. The lowest BCUT2D eigenvalue weighted by molar-refractivity contribution is -0.140. The van der Waals surface area contributed by atoms with Gasteiger partial charge in [-0.05, 0) is 80.2 Å². The van der Waals surface area contributed by atoms with Crippen molar-refractivity contribution in [2.75, 3.05) is 7.11 Å². The quantitative estimate of drug-likeness (QED) is 0.0901. The minimum Gasteiger partial charge on any atom is -0.469 e. The molecule has 0 aromatic heterocycles. The number of methoxy groups -OCH3 is 1. The second kappa shape index (κ2) is 14.0. The average Bonchev–Trinajstić information content (AvgIpc) is 3.03. The molecule has 0 radical (unpaired) electrons. The van der Waals surface area contributed by atoms with Crippen molar-refractivity contribution in [3.05, 3.63) is 0 Å². The fourth-order valence-electron chi connectivity index (χ4n) is 4.85. The molecule has 212 valence electrons. The van der Waals surface area contributed by atoms with Gasteiger partial charge >= 0.3 is 5.97 Å². The van der Waals surface area contributed by atoms with Crippen LogP contribution in [-0.2, 0) is 23.2 Å². The van der Waals surface area contributed by atoms with Crippen molar-refractivity contribution in [1.82, 2.24) is 0 Å². The van der Waals surface area contributed by atoms with E-state index in [0.29, 0.717) is 24.7 Å². The van der Waals surface area contributed by atoms with Crippen molar-refractivity contribution in [2.45, 2.75) is 154 Å². The molecule has 7 heteroatoms. The normalized spacial score (nSPS) is 23.6. The van der Waals surface area contributed by atoms with Crippen LogP contribution >= 0.6 is 0 Å². The Balaban J connectivity index is 3.09. The SMILES string of the molecule is COC(=O)CCCCCC[C@H]1C(O[Si](C)(C)C(C)(C)C)CC(O[Si](C)(C)C(C)(C)C)[C@@H]1CCCC=O. The molecule has 0 saturated heterocycles. The molecule has 0 aliphatic heterocycles. The monoisotopic (exact) mass is 542 g/mol. The third-order valence-corrected chi connectivity index (χ3v) is 18.2. The fraction of sp³-hybridized carbons (Fsp3) is 0.931. The summed E-state index contributed by atoms with van der Waals surface area (Å²) in [6.45, 7) is 23.3. The molecule has 5 nitrogen and oxygen atoms in total. The number of rotatable bonds is 15. The largest absolute Gasteiger partial charge is 0.469 e. The molecule has 1 fully saturated rings. The third-order valence-electron chi connectivity index (χ3n) is 9.23. The van der Waals surface area contributed by atoms with E-state index >= 15 is 0 Å². The molecule has 1 aliphatic rings. The van der Waals surface area contributed by atoms with Gasteiger partial charge in [-0.3, -0.25) is 4.79 Å². The summed E-state index contributed by atoms with van der Waals surface area (Å²) in [6.07, 6.45) is 10.9. The number of carbonyl (C=O) groups excluding carboxylic acids is 2. The van der Waals surface area contributed by atoms with Gasteiger partial charge < -0.3 is 18.4 Å². The van der Waals surface area contributed by atoms with Crippen molar-refractivity contribution in [3.63, 3.8) is 0 Å². The maximum Gasteiger partial charge on any atom is 0.305 e. The number of hydrogen-bond acceptors (Lipinski definition) is 5. The first kappa shape index (κ1) is 33.5. The van der Waals surface area contributed by atoms with Crippen molar-refractivity contribution >= 4 is 28.9 Å². The van der Waals surface area contributed by atoms with E-state index in [-0.39, 0.29) is 28.3 Å². The molecule has 1 saturated carbocycles. The Morgan fingerprint density at radius 2 is 1.22 bits per heavy atom. The number of esters is 1. The van der Waals surface area contributed by atoms with Gasteiger partial charge in [0.2, 0.25) is 0 Å². The molecule has 1 rings (SSSR count). The van der Waals surface area contributed by atoms with E-state index in [1.54, 1.807) is 0 Å². The van der Waals surface area contributed by atoms with Gasteiger partial charge in [0, 0.05) is 12.8 Å². The van der Waals surface area contributed by atoms with Crippen LogP contribution in [0.25, 0.3) is 0 Å². The van der Waals surface area contributed by atoms with Crippen LogP contribution < -0.4 is 0 Å². The third kappa shape index (κ3) is 9.99. The first-order valence-corrected chi connectivity index (χ1v) is 20.1. The van der Waals surface area contributed by atoms with Gasteiger partial charge in [-0.2, -0.15) is 0 Å². The van der Waals surface area contributed by atoms with Gasteiger partial charge in [0.15, 0.2) is 16.6 Å². The Labute approximate surface area is 225 Å². The van der Waals surface area contributed by atoms with E-state index < -0.39 is 16.6 Å². The van der Waals surface area contributed by atoms with E-state index in [0.717, 1.165) is 57.7 Å². The molecule has 36 heavy (non-hydrogen) atoms. The highest BCUT2D eigenvalue weighted by molar-refractivity contribution is 6.74. The van der Waals surface area contributed by atoms with Gasteiger partial charge in [0.25, 0.3) is 0 Å². The van der Waals surface area contributed by atoms with Crippen LogP contribution in [0, 0.1) is 11.8 Å².